The molecule has 6 nitrogen and oxygen atoms in total. The Balaban J connectivity index is 1.88. The van der Waals surface area contributed by atoms with E-state index in [9.17, 15) is 9.59 Å². The van der Waals surface area contributed by atoms with E-state index in [4.69, 9.17) is 16.3 Å². The fraction of sp³-hybridized carbons (Fsp3) is 0.238. The van der Waals surface area contributed by atoms with Crippen LogP contribution < -0.4 is 15.6 Å². The predicted molar refractivity (Wildman–Crippen MR) is 111 cm³/mol. The minimum absolute atomic E-state index is 0.234. The molecule has 0 unspecified atom stereocenters. The summed E-state index contributed by atoms with van der Waals surface area (Å²) in [5.74, 6) is 0.0334. The summed E-state index contributed by atoms with van der Waals surface area (Å²) in [5.41, 5.74) is 1.30. The van der Waals surface area contributed by atoms with Crippen LogP contribution >= 0.6 is 11.6 Å². The van der Waals surface area contributed by atoms with Crippen molar-refractivity contribution in [1.82, 2.24) is 9.36 Å². The van der Waals surface area contributed by atoms with Gasteiger partial charge < -0.3 is 10.1 Å². The Labute approximate surface area is 168 Å². The Bertz CT molecular complexity index is 1040. The van der Waals surface area contributed by atoms with Gasteiger partial charge in [0.1, 0.15) is 11.4 Å². The predicted octanol–water partition coefficient (Wildman–Crippen LogP) is 3.93. The number of anilines is 1. The number of nitrogens with one attached hydrogen (secondary N) is 1. The molecule has 0 fully saturated rings. The van der Waals surface area contributed by atoms with E-state index in [2.05, 4.69) is 5.32 Å². The lowest BCUT2D eigenvalue weighted by atomic mass is 10.2. The van der Waals surface area contributed by atoms with Crippen molar-refractivity contribution in [2.24, 2.45) is 7.05 Å². The summed E-state index contributed by atoms with van der Waals surface area (Å²) < 4.78 is 9.00. The molecule has 0 saturated carbocycles. The van der Waals surface area contributed by atoms with Crippen molar-refractivity contribution in [3.05, 3.63) is 75.7 Å². The maximum atomic E-state index is 12.9. The summed E-state index contributed by atoms with van der Waals surface area (Å²) in [6, 6.07) is 16.2. The Morgan fingerprint density at radius 1 is 1.14 bits per heavy atom. The van der Waals surface area contributed by atoms with Gasteiger partial charge in [-0.15, -0.1) is 0 Å². The van der Waals surface area contributed by atoms with Crippen molar-refractivity contribution in [3.8, 4) is 11.4 Å². The number of para-hydroxylation sites is 2. The Morgan fingerprint density at radius 2 is 1.79 bits per heavy atom. The molecule has 0 aliphatic rings. The van der Waals surface area contributed by atoms with Gasteiger partial charge in [0.05, 0.1) is 16.4 Å². The SMILES string of the molecule is CC[C@H](Oc1ccccc1Cl)C(=O)Nc1c(C)n(C)n(-c2ccccc2)c1=O. The number of amides is 1. The zero-order chi connectivity index (χ0) is 20.3. The summed E-state index contributed by atoms with van der Waals surface area (Å²) in [4.78, 5) is 25.7. The quantitative estimate of drug-likeness (QED) is 0.682. The summed E-state index contributed by atoms with van der Waals surface area (Å²) in [6.07, 6.45) is -0.348. The fourth-order valence-corrected chi connectivity index (χ4v) is 3.11. The van der Waals surface area contributed by atoms with Crippen molar-refractivity contribution in [1.29, 1.82) is 0 Å². The standard InChI is InChI=1S/C21H22ClN3O3/c1-4-17(28-18-13-9-8-12-16(18)22)20(26)23-19-14(2)24(3)25(21(19)27)15-10-6-5-7-11-15/h5-13,17H,4H2,1-3H3,(H,23,26)/t17-/m0/s1. The number of hydrogen-bond acceptors (Lipinski definition) is 3. The van der Waals surface area contributed by atoms with Crippen LogP contribution in [0.1, 0.15) is 19.0 Å². The fourth-order valence-electron chi connectivity index (χ4n) is 2.93. The average molecular weight is 400 g/mol. The number of hydrogen-bond donors (Lipinski definition) is 1. The van der Waals surface area contributed by atoms with Crippen LogP contribution in [0.25, 0.3) is 5.69 Å². The van der Waals surface area contributed by atoms with E-state index in [1.807, 2.05) is 37.3 Å². The van der Waals surface area contributed by atoms with Gasteiger partial charge in [-0.2, -0.15) is 0 Å². The first-order valence-electron chi connectivity index (χ1n) is 9.00. The van der Waals surface area contributed by atoms with Gasteiger partial charge in [0.25, 0.3) is 11.5 Å². The molecular formula is C21H22ClN3O3. The van der Waals surface area contributed by atoms with E-state index < -0.39 is 12.0 Å². The van der Waals surface area contributed by atoms with Crippen molar-refractivity contribution in [2.75, 3.05) is 5.32 Å². The highest BCUT2D eigenvalue weighted by Gasteiger charge is 2.24. The molecule has 7 heteroatoms. The van der Waals surface area contributed by atoms with Crippen LogP contribution in [0.15, 0.2) is 59.4 Å². The van der Waals surface area contributed by atoms with Gasteiger partial charge in [0, 0.05) is 7.05 Å². The molecule has 0 spiro atoms. The molecule has 0 aliphatic heterocycles. The summed E-state index contributed by atoms with van der Waals surface area (Å²) in [6.45, 7) is 3.62. The largest absolute Gasteiger partial charge is 0.479 e. The zero-order valence-electron chi connectivity index (χ0n) is 16.0. The third kappa shape index (κ3) is 3.82. The third-order valence-electron chi connectivity index (χ3n) is 4.57. The first kappa shape index (κ1) is 19.8. The number of carbonyl (C=O) groups is 1. The smallest absolute Gasteiger partial charge is 0.295 e. The second kappa shape index (κ2) is 8.35. The Morgan fingerprint density at radius 3 is 2.43 bits per heavy atom. The lowest BCUT2D eigenvalue weighted by Gasteiger charge is -2.17. The van der Waals surface area contributed by atoms with E-state index in [0.29, 0.717) is 22.9 Å². The zero-order valence-corrected chi connectivity index (χ0v) is 16.7. The van der Waals surface area contributed by atoms with Crippen molar-refractivity contribution < 1.29 is 9.53 Å². The van der Waals surface area contributed by atoms with Gasteiger partial charge in [-0.05, 0) is 37.6 Å². The first-order valence-corrected chi connectivity index (χ1v) is 9.38. The van der Waals surface area contributed by atoms with Crippen LogP contribution in [0.3, 0.4) is 0 Å². The van der Waals surface area contributed by atoms with Crippen LogP contribution in [0.4, 0.5) is 5.69 Å². The Hall–Kier alpha value is -2.99. The molecule has 0 saturated heterocycles. The highest BCUT2D eigenvalue weighted by atomic mass is 35.5. The van der Waals surface area contributed by atoms with Gasteiger partial charge >= 0.3 is 0 Å². The van der Waals surface area contributed by atoms with Crippen LogP contribution in [0.2, 0.25) is 5.02 Å². The summed E-state index contributed by atoms with van der Waals surface area (Å²) in [7, 11) is 1.77. The van der Waals surface area contributed by atoms with Crippen molar-refractivity contribution >= 4 is 23.2 Å². The molecule has 3 aromatic rings. The lowest BCUT2D eigenvalue weighted by Crippen LogP contribution is -2.34. The molecule has 3 rings (SSSR count). The molecule has 0 aliphatic carbocycles. The molecule has 1 heterocycles. The third-order valence-corrected chi connectivity index (χ3v) is 4.88. The molecule has 28 heavy (non-hydrogen) atoms. The second-order valence-corrected chi connectivity index (χ2v) is 6.78. The van der Waals surface area contributed by atoms with Crippen LogP contribution in [0.5, 0.6) is 5.75 Å². The lowest BCUT2D eigenvalue weighted by molar-refractivity contribution is -0.122. The van der Waals surface area contributed by atoms with E-state index in [1.54, 1.807) is 42.9 Å². The van der Waals surface area contributed by atoms with Gasteiger partial charge in [-0.1, -0.05) is 48.9 Å². The van der Waals surface area contributed by atoms with Gasteiger partial charge in [0.2, 0.25) is 0 Å². The molecule has 2 aromatic carbocycles. The van der Waals surface area contributed by atoms with E-state index in [1.165, 1.54) is 4.68 Å². The number of aromatic nitrogens is 2. The number of rotatable bonds is 6. The van der Waals surface area contributed by atoms with Crippen molar-refractivity contribution in [2.45, 2.75) is 26.4 Å². The van der Waals surface area contributed by atoms with Crippen LogP contribution in [-0.4, -0.2) is 21.4 Å². The number of benzene rings is 2. The van der Waals surface area contributed by atoms with E-state index in [0.717, 1.165) is 5.69 Å². The first-order chi connectivity index (χ1) is 13.4. The molecular weight excluding hydrogens is 378 g/mol. The van der Waals surface area contributed by atoms with Gasteiger partial charge in [0.15, 0.2) is 6.10 Å². The molecule has 1 amide bonds. The highest BCUT2D eigenvalue weighted by molar-refractivity contribution is 6.32. The molecule has 0 radical (unpaired) electrons. The van der Waals surface area contributed by atoms with Crippen LogP contribution in [-0.2, 0) is 11.8 Å². The maximum absolute atomic E-state index is 12.9. The Kier molecular flexibility index (Phi) is 5.90. The number of halogens is 1. The highest BCUT2D eigenvalue weighted by Crippen LogP contribution is 2.25. The molecule has 1 atom stereocenters. The average Bonchev–Trinajstić information content (AvgIpc) is 2.91. The topological polar surface area (TPSA) is 65.3 Å². The summed E-state index contributed by atoms with van der Waals surface area (Å²) in [5, 5.41) is 3.17. The number of nitrogens with zero attached hydrogens (tertiary/aromatic N) is 2. The van der Waals surface area contributed by atoms with Crippen molar-refractivity contribution in [3.63, 3.8) is 0 Å². The monoisotopic (exact) mass is 399 g/mol. The molecule has 0 bridgehead atoms. The summed E-state index contributed by atoms with van der Waals surface area (Å²) >= 11 is 6.12. The van der Waals surface area contributed by atoms with Gasteiger partial charge in [-0.3, -0.25) is 14.3 Å². The minimum atomic E-state index is -0.774. The number of ether oxygens (including phenoxy) is 1. The van der Waals surface area contributed by atoms with Crippen LogP contribution in [0, 0.1) is 6.92 Å². The minimum Gasteiger partial charge on any atom is -0.479 e. The molecule has 1 aromatic heterocycles. The van der Waals surface area contributed by atoms with E-state index >= 15 is 0 Å². The second-order valence-electron chi connectivity index (χ2n) is 6.37. The molecule has 146 valence electrons. The van der Waals surface area contributed by atoms with Gasteiger partial charge in [-0.25, -0.2) is 4.68 Å². The number of carbonyl (C=O) groups excluding carboxylic acids is 1. The maximum Gasteiger partial charge on any atom is 0.295 e. The normalized spacial score (nSPS) is 11.9. The molecule has 1 N–H and O–H groups in total. The van der Waals surface area contributed by atoms with E-state index in [-0.39, 0.29) is 11.2 Å².